The largest absolute Gasteiger partial charge is 0.368 e. The van der Waals surface area contributed by atoms with Crippen molar-refractivity contribution in [3.05, 3.63) is 41.5 Å². The van der Waals surface area contributed by atoms with Gasteiger partial charge in [-0.2, -0.15) is 19.9 Å². The maximum absolute atomic E-state index is 5.73. The molecule has 1 aromatic carbocycles. The van der Waals surface area contributed by atoms with Gasteiger partial charge >= 0.3 is 0 Å². The summed E-state index contributed by atoms with van der Waals surface area (Å²) in [5.41, 5.74) is 7.96. The standard InChI is InChI=1S/C17H21N7OS/c1-4-11-5-7-12(8-6-11)15-21-14(25-23-15)10-26-9-13-19-16(18)22-17(20-13)24(2)3/h5-8H,4,9-10H2,1-3H3,(H2,18,19,20,22). The van der Waals surface area contributed by atoms with E-state index < -0.39 is 0 Å². The fourth-order valence-electron chi connectivity index (χ4n) is 2.24. The molecule has 0 aliphatic rings. The maximum Gasteiger partial charge on any atom is 0.236 e. The lowest BCUT2D eigenvalue weighted by Crippen LogP contribution is -2.15. The number of aromatic nitrogens is 5. The molecule has 9 heteroatoms. The number of hydrogen-bond donors (Lipinski definition) is 1. The van der Waals surface area contributed by atoms with Crippen LogP contribution in [-0.4, -0.2) is 39.2 Å². The van der Waals surface area contributed by atoms with E-state index >= 15 is 0 Å². The number of thioether (sulfide) groups is 1. The Morgan fingerprint density at radius 3 is 2.50 bits per heavy atom. The zero-order valence-corrected chi connectivity index (χ0v) is 15.8. The third-order valence-electron chi connectivity index (χ3n) is 3.63. The van der Waals surface area contributed by atoms with Crippen molar-refractivity contribution in [2.24, 2.45) is 0 Å². The van der Waals surface area contributed by atoms with Gasteiger partial charge in [-0.05, 0) is 12.0 Å². The van der Waals surface area contributed by atoms with E-state index in [1.165, 1.54) is 5.56 Å². The number of aryl methyl sites for hydroxylation is 1. The smallest absolute Gasteiger partial charge is 0.236 e. The number of benzene rings is 1. The quantitative estimate of drug-likeness (QED) is 0.670. The molecule has 0 amide bonds. The minimum atomic E-state index is 0.218. The first-order valence-electron chi connectivity index (χ1n) is 8.22. The highest BCUT2D eigenvalue weighted by molar-refractivity contribution is 7.97. The molecule has 136 valence electrons. The number of nitrogen functional groups attached to an aromatic ring is 1. The predicted molar refractivity (Wildman–Crippen MR) is 103 cm³/mol. The van der Waals surface area contributed by atoms with Gasteiger partial charge in [0.15, 0.2) is 0 Å². The first kappa shape index (κ1) is 18.1. The van der Waals surface area contributed by atoms with E-state index in [2.05, 4.69) is 44.1 Å². The van der Waals surface area contributed by atoms with Crippen LogP contribution < -0.4 is 10.6 Å². The molecule has 2 N–H and O–H groups in total. The molecule has 0 fully saturated rings. The van der Waals surface area contributed by atoms with Crippen LogP contribution in [0.3, 0.4) is 0 Å². The van der Waals surface area contributed by atoms with Gasteiger partial charge in [-0.25, -0.2) is 0 Å². The molecule has 2 heterocycles. The Morgan fingerprint density at radius 2 is 1.81 bits per heavy atom. The van der Waals surface area contributed by atoms with E-state index in [0.717, 1.165) is 12.0 Å². The summed E-state index contributed by atoms with van der Waals surface area (Å²) in [5, 5.41) is 4.05. The van der Waals surface area contributed by atoms with Crippen molar-refractivity contribution < 1.29 is 4.52 Å². The molecule has 2 aromatic heterocycles. The lowest BCUT2D eigenvalue weighted by Gasteiger charge is -2.10. The molecular formula is C17H21N7OS. The highest BCUT2D eigenvalue weighted by Gasteiger charge is 2.10. The summed E-state index contributed by atoms with van der Waals surface area (Å²) in [6.07, 6.45) is 1.01. The van der Waals surface area contributed by atoms with Crippen molar-refractivity contribution in [3.8, 4) is 11.4 Å². The highest BCUT2D eigenvalue weighted by Crippen LogP contribution is 2.20. The van der Waals surface area contributed by atoms with Crippen LogP contribution in [0.15, 0.2) is 28.8 Å². The minimum absolute atomic E-state index is 0.218. The van der Waals surface area contributed by atoms with Crippen LogP contribution in [0.5, 0.6) is 0 Å². The fourth-order valence-corrected chi connectivity index (χ4v) is 2.95. The molecule has 0 radical (unpaired) electrons. The molecule has 8 nitrogen and oxygen atoms in total. The van der Waals surface area contributed by atoms with Gasteiger partial charge in [0.25, 0.3) is 0 Å². The summed E-state index contributed by atoms with van der Waals surface area (Å²) in [7, 11) is 3.72. The molecular weight excluding hydrogens is 350 g/mol. The Bertz CT molecular complexity index is 864. The van der Waals surface area contributed by atoms with Gasteiger partial charge in [0.1, 0.15) is 5.82 Å². The van der Waals surface area contributed by atoms with Crippen LogP contribution in [0.2, 0.25) is 0 Å². The van der Waals surface area contributed by atoms with Crippen molar-refractivity contribution in [2.75, 3.05) is 24.7 Å². The van der Waals surface area contributed by atoms with Crippen molar-refractivity contribution >= 4 is 23.7 Å². The number of hydrogen-bond acceptors (Lipinski definition) is 9. The Hall–Kier alpha value is -2.68. The first-order valence-corrected chi connectivity index (χ1v) is 9.38. The van der Waals surface area contributed by atoms with Crippen LogP contribution in [-0.2, 0) is 17.9 Å². The van der Waals surface area contributed by atoms with Crippen molar-refractivity contribution in [3.63, 3.8) is 0 Å². The van der Waals surface area contributed by atoms with Gasteiger partial charge in [-0.15, -0.1) is 11.8 Å². The molecule has 26 heavy (non-hydrogen) atoms. The van der Waals surface area contributed by atoms with E-state index in [4.69, 9.17) is 10.3 Å². The van der Waals surface area contributed by atoms with E-state index in [0.29, 0.717) is 35.0 Å². The lowest BCUT2D eigenvalue weighted by molar-refractivity contribution is 0.391. The molecule has 3 aromatic rings. The average Bonchev–Trinajstić information content (AvgIpc) is 3.10. The first-order chi connectivity index (χ1) is 12.5. The van der Waals surface area contributed by atoms with E-state index in [-0.39, 0.29) is 5.95 Å². The molecule has 0 spiro atoms. The molecule has 0 atom stereocenters. The molecule has 0 aliphatic carbocycles. The van der Waals surface area contributed by atoms with Crippen LogP contribution in [0.1, 0.15) is 24.2 Å². The van der Waals surface area contributed by atoms with Crippen LogP contribution in [0.25, 0.3) is 11.4 Å². The van der Waals surface area contributed by atoms with Crippen molar-refractivity contribution in [2.45, 2.75) is 24.9 Å². The number of rotatable bonds is 7. The molecule has 0 bridgehead atoms. The summed E-state index contributed by atoms with van der Waals surface area (Å²) in [6, 6.07) is 8.18. The summed E-state index contributed by atoms with van der Waals surface area (Å²) in [5.74, 6) is 3.71. The summed E-state index contributed by atoms with van der Waals surface area (Å²) >= 11 is 1.58. The van der Waals surface area contributed by atoms with Crippen molar-refractivity contribution in [1.29, 1.82) is 0 Å². The second-order valence-corrected chi connectivity index (χ2v) is 6.84. The SMILES string of the molecule is CCc1ccc(-c2noc(CSCc3nc(N)nc(N(C)C)n3)n2)cc1. The van der Waals surface area contributed by atoms with Gasteiger partial charge in [0, 0.05) is 19.7 Å². The lowest BCUT2D eigenvalue weighted by atomic mass is 10.1. The Kier molecular flexibility index (Phi) is 5.67. The number of anilines is 2. The van der Waals surface area contributed by atoms with Gasteiger partial charge in [0.2, 0.25) is 23.6 Å². The molecule has 3 rings (SSSR count). The summed E-state index contributed by atoms with van der Waals surface area (Å²) < 4.78 is 5.33. The molecule has 0 saturated carbocycles. The second kappa shape index (κ2) is 8.13. The van der Waals surface area contributed by atoms with Gasteiger partial charge < -0.3 is 15.2 Å². The summed E-state index contributed by atoms with van der Waals surface area (Å²) in [6.45, 7) is 2.13. The van der Waals surface area contributed by atoms with E-state index in [1.807, 2.05) is 26.2 Å². The maximum atomic E-state index is 5.73. The Morgan fingerprint density at radius 1 is 1.04 bits per heavy atom. The average molecular weight is 371 g/mol. The van der Waals surface area contributed by atoms with Gasteiger partial charge in [-0.3, -0.25) is 0 Å². The second-order valence-electron chi connectivity index (χ2n) is 5.86. The van der Waals surface area contributed by atoms with Crippen LogP contribution in [0, 0.1) is 0 Å². The minimum Gasteiger partial charge on any atom is -0.368 e. The monoisotopic (exact) mass is 371 g/mol. The zero-order chi connectivity index (χ0) is 18.5. The predicted octanol–water partition coefficient (Wildman–Crippen LogP) is 2.57. The molecule has 0 unspecified atom stereocenters. The van der Waals surface area contributed by atoms with Crippen molar-refractivity contribution in [1.82, 2.24) is 25.1 Å². The van der Waals surface area contributed by atoms with Crippen LogP contribution >= 0.6 is 11.8 Å². The fraction of sp³-hybridized carbons (Fsp3) is 0.353. The number of nitrogens with zero attached hydrogens (tertiary/aromatic N) is 6. The third-order valence-corrected chi connectivity index (χ3v) is 4.55. The topological polar surface area (TPSA) is 107 Å². The van der Waals surface area contributed by atoms with E-state index in [1.54, 1.807) is 16.7 Å². The highest BCUT2D eigenvalue weighted by atomic mass is 32.2. The summed E-state index contributed by atoms with van der Waals surface area (Å²) in [4.78, 5) is 18.8. The Labute approximate surface area is 156 Å². The van der Waals surface area contributed by atoms with Crippen LogP contribution in [0.4, 0.5) is 11.9 Å². The molecule has 0 aliphatic heterocycles. The van der Waals surface area contributed by atoms with Gasteiger partial charge in [0.05, 0.1) is 11.5 Å². The number of nitrogens with two attached hydrogens (primary N) is 1. The van der Waals surface area contributed by atoms with Gasteiger partial charge in [-0.1, -0.05) is 36.3 Å². The normalized spacial score (nSPS) is 10.9. The molecule has 0 saturated heterocycles. The van der Waals surface area contributed by atoms with E-state index in [9.17, 15) is 0 Å². The Balaban J connectivity index is 1.60. The third kappa shape index (κ3) is 4.48. The zero-order valence-electron chi connectivity index (χ0n) is 15.0.